The first-order chi connectivity index (χ1) is 13.5. The van der Waals surface area contributed by atoms with E-state index >= 15 is 0 Å². The first kappa shape index (κ1) is 21.0. The molecule has 4 aliphatic carbocycles. The normalized spacial score (nSPS) is 35.0. The van der Waals surface area contributed by atoms with Crippen LogP contribution >= 0.6 is 0 Å². The van der Waals surface area contributed by atoms with E-state index in [1.54, 1.807) is 30.4 Å². The van der Waals surface area contributed by atoms with Crippen LogP contribution in [-0.4, -0.2) is 25.3 Å². The van der Waals surface area contributed by atoms with Crippen LogP contribution in [0.25, 0.3) is 0 Å². The maximum atomic E-state index is 12.4. The van der Waals surface area contributed by atoms with E-state index in [9.17, 15) is 4.79 Å². The number of ether oxygens (including phenoxy) is 1. The fraction of sp³-hybridized carbons (Fsp3) is 0.625. The van der Waals surface area contributed by atoms with Crippen molar-refractivity contribution in [2.45, 2.75) is 76.0 Å². The number of carbonyl (C=O) groups is 1. The highest BCUT2D eigenvalue weighted by Gasteiger charge is 2.70. The Morgan fingerprint density at radius 3 is 2.39 bits per heavy atom. The third-order valence-electron chi connectivity index (χ3n) is 7.12. The summed E-state index contributed by atoms with van der Waals surface area (Å²) in [4.78, 5) is 12.4. The van der Waals surface area contributed by atoms with Crippen molar-refractivity contribution in [2.75, 3.05) is 6.61 Å². The van der Waals surface area contributed by atoms with E-state index in [0.717, 1.165) is 11.7 Å². The first-order valence-corrected chi connectivity index (χ1v) is 10.9. The molecule has 0 heterocycles. The second-order valence-corrected chi connectivity index (χ2v) is 9.06. The Balaban J connectivity index is 1.42. The second-order valence-electron chi connectivity index (χ2n) is 9.06. The molecule has 2 bridgehead atoms. The summed E-state index contributed by atoms with van der Waals surface area (Å²) < 4.78 is 5.61. The molecule has 1 radical (unpaired) electrons. The van der Waals surface area contributed by atoms with Gasteiger partial charge in [0, 0.05) is 5.54 Å². The van der Waals surface area contributed by atoms with E-state index in [2.05, 4.69) is 32.6 Å². The van der Waals surface area contributed by atoms with Crippen molar-refractivity contribution in [3.8, 4) is 0 Å². The molecule has 3 nitrogen and oxygen atoms in total. The summed E-state index contributed by atoms with van der Waals surface area (Å²) in [5, 5.41) is 3.25. The van der Waals surface area contributed by atoms with Crippen LogP contribution in [0.4, 0.5) is 0 Å². The van der Waals surface area contributed by atoms with E-state index < -0.39 is 0 Å². The van der Waals surface area contributed by atoms with Gasteiger partial charge in [-0.2, -0.15) is 0 Å². The minimum atomic E-state index is -0.0192. The van der Waals surface area contributed by atoms with E-state index in [1.165, 1.54) is 57.8 Å². The third kappa shape index (κ3) is 4.64. The maximum absolute atomic E-state index is 12.4. The molecule has 0 aromatic heterocycles. The Morgan fingerprint density at radius 2 is 1.82 bits per heavy atom. The molecule has 1 amide bonds. The summed E-state index contributed by atoms with van der Waals surface area (Å²) >= 11 is 0. The van der Waals surface area contributed by atoms with Gasteiger partial charge < -0.3 is 10.1 Å². The van der Waals surface area contributed by atoms with Gasteiger partial charge in [0.05, 0.1) is 0 Å². The average molecular weight is 380 g/mol. The van der Waals surface area contributed by atoms with Gasteiger partial charge in [0.2, 0.25) is 0 Å². The minimum absolute atomic E-state index is 0.0192. The molecule has 4 heteroatoms. The van der Waals surface area contributed by atoms with Gasteiger partial charge in [-0.25, -0.2) is 0 Å². The Labute approximate surface area is 171 Å². The Bertz CT molecular complexity index is 621. The summed E-state index contributed by atoms with van der Waals surface area (Å²) in [6.07, 6.45) is 20.4. The zero-order valence-corrected chi connectivity index (χ0v) is 17.4. The van der Waals surface area contributed by atoms with E-state index in [-0.39, 0.29) is 18.1 Å². The number of hydrogen-bond acceptors (Lipinski definition) is 2. The average Bonchev–Trinajstić information content (AvgIpc) is 2.60. The lowest BCUT2D eigenvalue weighted by Gasteiger charge is -2.73. The number of amides is 1. The lowest BCUT2D eigenvalue weighted by atomic mass is 9.35. The Kier molecular flexibility index (Phi) is 6.90. The monoisotopic (exact) mass is 380 g/mol. The smallest absolute Gasteiger partial charge is 0.258 e. The summed E-state index contributed by atoms with van der Waals surface area (Å²) in [6.45, 7) is 9.59. The molecule has 0 saturated heterocycles. The molecule has 4 fully saturated rings. The summed E-state index contributed by atoms with van der Waals surface area (Å²) in [5.74, 6) is 2.30. The fourth-order valence-electron chi connectivity index (χ4n) is 5.83. The Hall–Kier alpha value is -1.71. The van der Waals surface area contributed by atoms with Gasteiger partial charge in [-0.05, 0) is 55.6 Å². The van der Waals surface area contributed by atoms with Crippen LogP contribution < -0.4 is 5.32 Å². The number of carbonyl (C=O) groups excluding carboxylic acids is 1. The standard InChI is InChI=1S/C24H35BNO2/c1-4-6-14-21(9-5-2)28-15-22(27)26-24-16-23(17-24,18-24)19-10-7-12-20(25-3)13-8-11-19/h4-6,9,14,19-20H,1-2,7-8,10-13,15-18H2,3H3,(H,26,27)/b14-6-,21-9+. The van der Waals surface area contributed by atoms with Gasteiger partial charge in [-0.1, -0.05) is 69.7 Å². The third-order valence-corrected chi connectivity index (χ3v) is 7.12. The largest absolute Gasteiger partial charge is 0.484 e. The number of hydrogen-bond donors (Lipinski definition) is 1. The van der Waals surface area contributed by atoms with Gasteiger partial charge >= 0.3 is 0 Å². The molecular formula is C24H35BNO2. The van der Waals surface area contributed by atoms with Crippen LogP contribution in [0.1, 0.15) is 57.8 Å². The van der Waals surface area contributed by atoms with Crippen LogP contribution in [0.15, 0.2) is 49.3 Å². The van der Waals surface area contributed by atoms with Gasteiger partial charge in [0.25, 0.3) is 5.91 Å². The predicted molar refractivity (Wildman–Crippen MR) is 117 cm³/mol. The molecule has 1 N–H and O–H groups in total. The van der Waals surface area contributed by atoms with E-state index in [4.69, 9.17) is 4.74 Å². The van der Waals surface area contributed by atoms with Crippen LogP contribution in [0.3, 0.4) is 0 Å². The fourth-order valence-corrected chi connectivity index (χ4v) is 5.83. The molecule has 28 heavy (non-hydrogen) atoms. The van der Waals surface area contributed by atoms with Crippen molar-refractivity contribution >= 4 is 13.2 Å². The molecule has 0 atom stereocenters. The zero-order chi connectivity index (χ0) is 20.0. The van der Waals surface area contributed by atoms with Crippen LogP contribution in [0.5, 0.6) is 0 Å². The molecule has 0 spiro atoms. The molecule has 0 aromatic rings. The SMILES string of the molecule is C=C/C=C\C(=C/C=C)OCC(=O)NC12CC(C3CCCC([B]C)CCC3)(C1)C2. The lowest BCUT2D eigenvalue weighted by molar-refractivity contribution is -0.198. The molecular weight excluding hydrogens is 345 g/mol. The summed E-state index contributed by atoms with van der Waals surface area (Å²) in [7, 11) is 2.40. The van der Waals surface area contributed by atoms with Gasteiger partial charge in [0.1, 0.15) is 13.0 Å². The van der Waals surface area contributed by atoms with Crippen LogP contribution in [-0.2, 0) is 9.53 Å². The van der Waals surface area contributed by atoms with Crippen LogP contribution in [0.2, 0.25) is 12.6 Å². The zero-order valence-electron chi connectivity index (χ0n) is 17.4. The van der Waals surface area contributed by atoms with Gasteiger partial charge in [0.15, 0.2) is 6.61 Å². The number of rotatable bonds is 9. The first-order valence-electron chi connectivity index (χ1n) is 10.9. The molecule has 4 saturated carbocycles. The molecule has 0 unspecified atom stereocenters. The van der Waals surface area contributed by atoms with Crippen molar-refractivity contribution in [3.63, 3.8) is 0 Å². The maximum Gasteiger partial charge on any atom is 0.258 e. The van der Waals surface area contributed by atoms with E-state index in [1.807, 2.05) is 0 Å². The second kappa shape index (κ2) is 9.20. The quantitative estimate of drug-likeness (QED) is 0.332. The summed E-state index contributed by atoms with van der Waals surface area (Å²) in [6, 6.07) is 0. The topological polar surface area (TPSA) is 38.3 Å². The Morgan fingerprint density at radius 1 is 1.14 bits per heavy atom. The van der Waals surface area contributed by atoms with Crippen molar-refractivity contribution in [1.82, 2.24) is 5.32 Å². The van der Waals surface area contributed by atoms with E-state index in [0.29, 0.717) is 11.2 Å². The van der Waals surface area contributed by atoms with Crippen molar-refractivity contribution < 1.29 is 9.53 Å². The van der Waals surface area contributed by atoms with Crippen molar-refractivity contribution in [3.05, 3.63) is 49.3 Å². The minimum Gasteiger partial charge on any atom is -0.484 e. The highest BCUT2D eigenvalue weighted by molar-refractivity contribution is 6.35. The highest BCUT2D eigenvalue weighted by Crippen LogP contribution is 2.72. The van der Waals surface area contributed by atoms with Gasteiger partial charge in [-0.15, -0.1) is 0 Å². The molecule has 151 valence electrons. The number of allylic oxidation sites excluding steroid dienone is 5. The van der Waals surface area contributed by atoms with Crippen LogP contribution in [0, 0.1) is 11.3 Å². The molecule has 0 aromatic carbocycles. The highest BCUT2D eigenvalue weighted by atomic mass is 16.5. The number of nitrogens with one attached hydrogen (secondary N) is 1. The molecule has 4 rings (SSSR count). The summed E-state index contributed by atoms with van der Waals surface area (Å²) in [5.41, 5.74) is 0.583. The van der Waals surface area contributed by atoms with Gasteiger partial charge in [-0.3, -0.25) is 4.79 Å². The van der Waals surface area contributed by atoms with Crippen molar-refractivity contribution in [1.29, 1.82) is 0 Å². The lowest BCUT2D eigenvalue weighted by Crippen LogP contribution is -2.76. The van der Waals surface area contributed by atoms with Crippen molar-refractivity contribution in [2.24, 2.45) is 11.3 Å². The molecule has 0 aliphatic heterocycles. The predicted octanol–water partition coefficient (Wildman–Crippen LogP) is 5.37. The molecule has 4 aliphatic rings.